The van der Waals surface area contributed by atoms with E-state index >= 15 is 0 Å². The monoisotopic (exact) mass is 455 g/mol. The van der Waals surface area contributed by atoms with E-state index in [1.54, 1.807) is 0 Å². The van der Waals surface area contributed by atoms with Crippen molar-refractivity contribution in [3.63, 3.8) is 0 Å². The predicted octanol–water partition coefficient (Wildman–Crippen LogP) is 5.07. The SMILES string of the molecule is CC1=C(C(=O)OC(C)(C)C)C(c2ccccc2C)N2C(CC(=O)NCC(C)C)=CSC2=N1. The Labute approximate surface area is 195 Å². The molecule has 172 valence electrons. The van der Waals surface area contributed by atoms with Gasteiger partial charge >= 0.3 is 5.97 Å². The number of hydrogen-bond donors (Lipinski definition) is 1. The molecular formula is C25H33N3O3S. The lowest BCUT2D eigenvalue weighted by Crippen LogP contribution is -2.39. The number of carbonyl (C=O) groups is 2. The van der Waals surface area contributed by atoms with Crippen molar-refractivity contribution in [1.29, 1.82) is 0 Å². The smallest absolute Gasteiger partial charge is 0.338 e. The van der Waals surface area contributed by atoms with Crippen LogP contribution >= 0.6 is 11.8 Å². The molecular weight excluding hydrogens is 422 g/mol. The summed E-state index contributed by atoms with van der Waals surface area (Å²) in [5, 5.41) is 5.72. The number of fused-ring (bicyclic) bond motifs is 1. The Kier molecular flexibility index (Phi) is 7.18. The molecule has 0 spiro atoms. The first-order valence-corrected chi connectivity index (χ1v) is 11.9. The Morgan fingerprint density at radius 2 is 1.91 bits per heavy atom. The fourth-order valence-corrected chi connectivity index (χ4v) is 4.66. The van der Waals surface area contributed by atoms with Crippen LogP contribution in [0.25, 0.3) is 0 Å². The molecule has 0 aromatic heterocycles. The Bertz CT molecular complexity index is 1000. The number of thioether (sulfide) groups is 1. The third kappa shape index (κ3) is 5.44. The largest absolute Gasteiger partial charge is 0.456 e. The normalized spacial score (nSPS) is 18.4. The van der Waals surface area contributed by atoms with Gasteiger partial charge in [0.25, 0.3) is 0 Å². The third-order valence-corrected chi connectivity index (χ3v) is 6.04. The molecule has 1 aromatic carbocycles. The molecule has 1 unspecified atom stereocenters. The minimum atomic E-state index is -0.625. The molecule has 2 aliphatic rings. The van der Waals surface area contributed by atoms with Crippen LogP contribution in [-0.4, -0.2) is 34.1 Å². The van der Waals surface area contributed by atoms with Crippen molar-refractivity contribution in [2.24, 2.45) is 10.9 Å². The van der Waals surface area contributed by atoms with Crippen molar-refractivity contribution in [3.05, 3.63) is 57.8 Å². The van der Waals surface area contributed by atoms with Crippen molar-refractivity contribution in [1.82, 2.24) is 10.2 Å². The number of ether oxygens (including phenoxy) is 1. The van der Waals surface area contributed by atoms with Gasteiger partial charge in [0.1, 0.15) is 5.60 Å². The fraction of sp³-hybridized carbons (Fsp3) is 0.480. The molecule has 1 aromatic rings. The van der Waals surface area contributed by atoms with Crippen LogP contribution in [0.4, 0.5) is 0 Å². The second-order valence-electron chi connectivity index (χ2n) is 9.63. The van der Waals surface area contributed by atoms with Gasteiger partial charge in [-0.05, 0) is 57.1 Å². The van der Waals surface area contributed by atoms with E-state index in [-0.39, 0.29) is 18.3 Å². The number of nitrogens with zero attached hydrogens (tertiary/aromatic N) is 2. The molecule has 0 bridgehead atoms. The van der Waals surface area contributed by atoms with Crippen molar-refractivity contribution < 1.29 is 14.3 Å². The summed E-state index contributed by atoms with van der Waals surface area (Å²) in [6.07, 6.45) is 0.224. The Balaban J connectivity index is 2.02. The second kappa shape index (κ2) is 9.53. The van der Waals surface area contributed by atoms with Gasteiger partial charge in [0.2, 0.25) is 5.91 Å². The number of esters is 1. The molecule has 1 amide bonds. The zero-order valence-corrected chi connectivity index (χ0v) is 20.8. The Morgan fingerprint density at radius 3 is 2.53 bits per heavy atom. The molecule has 0 fully saturated rings. The standard InChI is InChI=1S/C25H33N3O3S/c1-15(2)13-26-20(29)12-18-14-32-24-27-17(4)21(23(30)31-25(5,6)7)22(28(18)24)19-11-9-8-10-16(19)3/h8-11,14-15,22H,12-13H2,1-7H3,(H,26,29). The van der Waals surface area contributed by atoms with E-state index in [1.165, 1.54) is 11.8 Å². The van der Waals surface area contributed by atoms with E-state index < -0.39 is 11.6 Å². The summed E-state index contributed by atoms with van der Waals surface area (Å²) in [5.41, 5.74) is 3.42. The van der Waals surface area contributed by atoms with Gasteiger partial charge < -0.3 is 15.0 Å². The first-order chi connectivity index (χ1) is 15.0. The maximum absolute atomic E-state index is 13.3. The molecule has 2 aliphatic heterocycles. The number of allylic oxidation sites excluding steroid dienone is 1. The minimum Gasteiger partial charge on any atom is -0.456 e. The number of benzene rings is 1. The van der Waals surface area contributed by atoms with Gasteiger partial charge in [0, 0.05) is 12.2 Å². The zero-order valence-electron chi connectivity index (χ0n) is 20.0. The highest BCUT2D eigenvalue weighted by Crippen LogP contribution is 2.45. The summed E-state index contributed by atoms with van der Waals surface area (Å²) in [7, 11) is 0. The molecule has 0 aliphatic carbocycles. The molecule has 6 nitrogen and oxygen atoms in total. The van der Waals surface area contributed by atoms with E-state index in [0.717, 1.165) is 22.0 Å². The van der Waals surface area contributed by atoms with Gasteiger partial charge in [-0.25, -0.2) is 9.79 Å². The number of aryl methyl sites for hydroxylation is 1. The summed E-state index contributed by atoms with van der Waals surface area (Å²) in [6.45, 7) is 14.2. The highest BCUT2D eigenvalue weighted by molar-refractivity contribution is 8.16. The predicted molar refractivity (Wildman–Crippen MR) is 130 cm³/mol. The quantitative estimate of drug-likeness (QED) is 0.606. The van der Waals surface area contributed by atoms with E-state index in [2.05, 4.69) is 19.2 Å². The average Bonchev–Trinajstić information content (AvgIpc) is 3.06. The lowest BCUT2D eigenvalue weighted by molar-refractivity contribution is -0.150. The van der Waals surface area contributed by atoms with Crippen LogP contribution in [0.5, 0.6) is 0 Å². The Morgan fingerprint density at radius 1 is 1.22 bits per heavy atom. The van der Waals surface area contributed by atoms with Crippen LogP contribution in [0, 0.1) is 12.8 Å². The van der Waals surface area contributed by atoms with Crippen molar-refractivity contribution in [2.45, 2.75) is 66.5 Å². The van der Waals surface area contributed by atoms with Gasteiger partial charge in [-0.3, -0.25) is 4.79 Å². The van der Waals surface area contributed by atoms with Crippen LogP contribution in [0.15, 0.2) is 51.6 Å². The first-order valence-electron chi connectivity index (χ1n) is 11.0. The van der Waals surface area contributed by atoms with Gasteiger partial charge in [-0.2, -0.15) is 0 Å². The molecule has 7 heteroatoms. The molecule has 2 heterocycles. The van der Waals surface area contributed by atoms with Crippen LogP contribution in [0.3, 0.4) is 0 Å². The molecule has 3 rings (SSSR count). The highest BCUT2D eigenvalue weighted by atomic mass is 32.2. The van der Waals surface area contributed by atoms with Crippen LogP contribution < -0.4 is 5.32 Å². The number of nitrogens with one attached hydrogen (secondary N) is 1. The van der Waals surface area contributed by atoms with Crippen molar-refractivity contribution >= 4 is 28.8 Å². The van der Waals surface area contributed by atoms with E-state index in [0.29, 0.717) is 23.7 Å². The summed E-state index contributed by atoms with van der Waals surface area (Å²) in [5.74, 6) is -0.0472. The number of amidine groups is 1. The van der Waals surface area contributed by atoms with Gasteiger partial charge in [0.05, 0.1) is 23.7 Å². The molecule has 0 saturated carbocycles. The van der Waals surface area contributed by atoms with Gasteiger partial charge in [0.15, 0.2) is 5.17 Å². The lowest BCUT2D eigenvalue weighted by Gasteiger charge is -2.37. The first kappa shape index (κ1) is 24.1. The fourth-order valence-electron chi connectivity index (χ4n) is 3.70. The summed E-state index contributed by atoms with van der Waals surface area (Å²) in [4.78, 5) is 32.7. The highest BCUT2D eigenvalue weighted by Gasteiger charge is 2.42. The Hall–Kier alpha value is -2.54. The van der Waals surface area contributed by atoms with Crippen molar-refractivity contribution in [2.75, 3.05) is 6.54 Å². The number of hydrogen-bond acceptors (Lipinski definition) is 6. The van der Waals surface area contributed by atoms with Crippen molar-refractivity contribution in [3.8, 4) is 0 Å². The average molecular weight is 456 g/mol. The number of rotatable bonds is 6. The molecule has 0 saturated heterocycles. The number of amides is 1. The lowest BCUT2D eigenvalue weighted by atomic mass is 9.91. The summed E-state index contributed by atoms with van der Waals surface area (Å²) in [6, 6.07) is 7.61. The number of aliphatic imine (C=N–C) groups is 1. The van der Waals surface area contributed by atoms with Gasteiger partial charge in [-0.1, -0.05) is 49.9 Å². The second-order valence-corrected chi connectivity index (χ2v) is 10.5. The van der Waals surface area contributed by atoms with Crippen LogP contribution in [0.2, 0.25) is 0 Å². The number of carbonyl (C=O) groups excluding carboxylic acids is 2. The maximum atomic E-state index is 13.3. The summed E-state index contributed by atoms with van der Waals surface area (Å²) >= 11 is 1.48. The molecule has 32 heavy (non-hydrogen) atoms. The molecule has 1 N–H and O–H groups in total. The molecule has 1 atom stereocenters. The minimum absolute atomic E-state index is 0.0413. The van der Waals surface area contributed by atoms with Crippen LogP contribution in [0.1, 0.15) is 65.1 Å². The van der Waals surface area contributed by atoms with Crippen LogP contribution in [-0.2, 0) is 14.3 Å². The zero-order chi connectivity index (χ0) is 23.6. The molecule has 0 radical (unpaired) electrons. The van der Waals surface area contributed by atoms with E-state index in [1.807, 2.05) is 69.2 Å². The van der Waals surface area contributed by atoms with E-state index in [9.17, 15) is 9.59 Å². The van der Waals surface area contributed by atoms with Gasteiger partial charge in [-0.15, -0.1) is 0 Å². The summed E-state index contributed by atoms with van der Waals surface area (Å²) < 4.78 is 5.77. The third-order valence-electron chi connectivity index (χ3n) is 5.15. The maximum Gasteiger partial charge on any atom is 0.338 e. The topological polar surface area (TPSA) is 71.0 Å². The van der Waals surface area contributed by atoms with E-state index in [4.69, 9.17) is 9.73 Å².